The Bertz CT molecular complexity index is 530. The zero-order chi connectivity index (χ0) is 15.4. The van der Waals surface area contributed by atoms with E-state index in [0.29, 0.717) is 18.7 Å². The summed E-state index contributed by atoms with van der Waals surface area (Å²) in [7, 11) is 5.49. The Morgan fingerprint density at radius 1 is 1.33 bits per heavy atom. The van der Waals surface area contributed by atoms with Gasteiger partial charge in [0.1, 0.15) is 11.7 Å². The predicted octanol–water partition coefficient (Wildman–Crippen LogP) is 0.888. The molecule has 0 bridgehead atoms. The lowest BCUT2D eigenvalue weighted by Crippen LogP contribution is -2.46. The standard InChI is InChI=1S/C15H22N4O2/c1-18(2)11-7-9-16-12(10-11)15(21)19(3)13-6-4-5-8-17-14(13)20/h7,9-10,13H,4-6,8H2,1-3H3,(H,17,20)/t13-/m1/s1. The minimum atomic E-state index is -0.412. The van der Waals surface area contributed by atoms with Gasteiger partial charge < -0.3 is 15.1 Å². The van der Waals surface area contributed by atoms with Crippen LogP contribution in [0.3, 0.4) is 0 Å². The smallest absolute Gasteiger partial charge is 0.272 e. The third-order valence-electron chi connectivity index (χ3n) is 3.77. The van der Waals surface area contributed by atoms with Crippen molar-refractivity contribution in [2.45, 2.75) is 25.3 Å². The van der Waals surface area contributed by atoms with Crippen LogP contribution < -0.4 is 10.2 Å². The largest absolute Gasteiger partial charge is 0.378 e. The van der Waals surface area contributed by atoms with Gasteiger partial charge in [0.2, 0.25) is 5.91 Å². The third kappa shape index (κ3) is 3.51. The van der Waals surface area contributed by atoms with E-state index in [2.05, 4.69) is 10.3 Å². The fourth-order valence-electron chi connectivity index (χ4n) is 2.43. The molecule has 0 unspecified atom stereocenters. The van der Waals surface area contributed by atoms with Crippen LogP contribution >= 0.6 is 0 Å². The van der Waals surface area contributed by atoms with Crippen molar-refractivity contribution in [1.29, 1.82) is 0 Å². The molecular weight excluding hydrogens is 268 g/mol. The molecule has 1 aliphatic heterocycles. The lowest BCUT2D eigenvalue weighted by atomic mass is 10.1. The van der Waals surface area contributed by atoms with Crippen LogP contribution in [-0.4, -0.2) is 55.4 Å². The van der Waals surface area contributed by atoms with Gasteiger partial charge in [0.25, 0.3) is 5.91 Å². The number of carbonyl (C=O) groups excluding carboxylic acids is 2. The molecule has 1 fully saturated rings. The molecule has 0 saturated carbocycles. The first-order valence-corrected chi connectivity index (χ1v) is 7.19. The van der Waals surface area contributed by atoms with Crippen LogP contribution in [-0.2, 0) is 4.79 Å². The maximum absolute atomic E-state index is 12.5. The van der Waals surface area contributed by atoms with Gasteiger partial charge in [-0.05, 0) is 31.4 Å². The number of nitrogens with zero attached hydrogens (tertiary/aromatic N) is 3. The van der Waals surface area contributed by atoms with Crippen molar-refractivity contribution in [3.05, 3.63) is 24.0 Å². The Balaban J connectivity index is 2.18. The average molecular weight is 290 g/mol. The molecule has 0 radical (unpaired) electrons. The zero-order valence-electron chi connectivity index (χ0n) is 12.8. The summed E-state index contributed by atoms with van der Waals surface area (Å²) in [6.45, 7) is 0.686. The lowest BCUT2D eigenvalue weighted by Gasteiger charge is -2.25. The summed E-state index contributed by atoms with van der Waals surface area (Å²) in [5, 5.41) is 2.85. The quantitative estimate of drug-likeness (QED) is 0.898. The summed E-state index contributed by atoms with van der Waals surface area (Å²) < 4.78 is 0. The summed E-state index contributed by atoms with van der Waals surface area (Å²) in [6.07, 6.45) is 4.20. The predicted molar refractivity (Wildman–Crippen MR) is 81.3 cm³/mol. The van der Waals surface area contributed by atoms with Crippen LogP contribution in [0.5, 0.6) is 0 Å². The van der Waals surface area contributed by atoms with E-state index in [0.717, 1.165) is 18.5 Å². The van der Waals surface area contributed by atoms with E-state index in [-0.39, 0.29) is 11.8 Å². The highest BCUT2D eigenvalue weighted by molar-refractivity contribution is 5.96. The summed E-state index contributed by atoms with van der Waals surface area (Å²) in [4.78, 5) is 32.1. The first-order chi connectivity index (χ1) is 10.0. The number of rotatable bonds is 3. The van der Waals surface area contributed by atoms with E-state index in [1.807, 2.05) is 25.1 Å². The number of amides is 2. The molecule has 0 spiro atoms. The van der Waals surface area contributed by atoms with Gasteiger partial charge in [-0.1, -0.05) is 0 Å². The molecular formula is C15H22N4O2. The van der Waals surface area contributed by atoms with Crippen LogP contribution in [0.4, 0.5) is 5.69 Å². The van der Waals surface area contributed by atoms with Gasteiger partial charge in [-0.25, -0.2) is 0 Å². The number of aromatic nitrogens is 1. The molecule has 1 atom stereocenters. The van der Waals surface area contributed by atoms with Crippen LogP contribution in [0.25, 0.3) is 0 Å². The second-order valence-electron chi connectivity index (χ2n) is 5.51. The van der Waals surface area contributed by atoms with Crippen molar-refractivity contribution >= 4 is 17.5 Å². The second kappa shape index (κ2) is 6.56. The van der Waals surface area contributed by atoms with Crippen molar-refractivity contribution in [2.24, 2.45) is 0 Å². The van der Waals surface area contributed by atoms with Gasteiger partial charge in [0.05, 0.1) is 0 Å². The van der Waals surface area contributed by atoms with Gasteiger partial charge in [0.15, 0.2) is 0 Å². The fraction of sp³-hybridized carbons (Fsp3) is 0.533. The Morgan fingerprint density at radius 3 is 2.81 bits per heavy atom. The molecule has 0 aliphatic carbocycles. The Morgan fingerprint density at radius 2 is 2.10 bits per heavy atom. The molecule has 21 heavy (non-hydrogen) atoms. The van der Waals surface area contributed by atoms with E-state index in [1.54, 1.807) is 19.3 Å². The van der Waals surface area contributed by atoms with Gasteiger partial charge in [-0.3, -0.25) is 14.6 Å². The molecule has 6 nitrogen and oxygen atoms in total. The summed E-state index contributed by atoms with van der Waals surface area (Å²) in [5.41, 5.74) is 1.27. The van der Waals surface area contributed by atoms with Crippen molar-refractivity contribution in [1.82, 2.24) is 15.2 Å². The molecule has 1 saturated heterocycles. The Hall–Kier alpha value is -2.11. The molecule has 1 aromatic heterocycles. The van der Waals surface area contributed by atoms with Crippen molar-refractivity contribution in [3.63, 3.8) is 0 Å². The first kappa shape index (κ1) is 15.3. The summed E-state index contributed by atoms with van der Waals surface area (Å²) in [5.74, 6) is -0.298. The van der Waals surface area contributed by atoms with Crippen LogP contribution in [0.1, 0.15) is 29.8 Å². The minimum Gasteiger partial charge on any atom is -0.378 e. The molecule has 1 aliphatic rings. The highest BCUT2D eigenvalue weighted by Gasteiger charge is 2.29. The number of anilines is 1. The van der Waals surface area contributed by atoms with Crippen LogP contribution in [0, 0.1) is 0 Å². The second-order valence-corrected chi connectivity index (χ2v) is 5.51. The van der Waals surface area contributed by atoms with Crippen LogP contribution in [0.15, 0.2) is 18.3 Å². The number of likely N-dealkylation sites (N-methyl/N-ethyl adjacent to an activating group) is 1. The van der Waals surface area contributed by atoms with Crippen molar-refractivity contribution < 1.29 is 9.59 Å². The number of carbonyl (C=O) groups is 2. The van der Waals surface area contributed by atoms with E-state index in [4.69, 9.17) is 0 Å². The molecule has 2 rings (SSSR count). The zero-order valence-corrected chi connectivity index (χ0v) is 12.8. The minimum absolute atomic E-state index is 0.0767. The van der Waals surface area contributed by atoms with Gasteiger partial charge in [0, 0.05) is 39.6 Å². The third-order valence-corrected chi connectivity index (χ3v) is 3.77. The molecule has 6 heteroatoms. The fourth-order valence-corrected chi connectivity index (χ4v) is 2.43. The summed E-state index contributed by atoms with van der Waals surface area (Å²) >= 11 is 0. The topological polar surface area (TPSA) is 65.5 Å². The molecule has 2 amide bonds. The first-order valence-electron chi connectivity index (χ1n) is 7.19. The molecule has 1 N–H and O–H groups in total. The molecule has 114 valence electrons. The molecule has 1 aromatic rings. The monoisotopic (exact) mass is 290 g/mol. The van der Waals surface area contributed by atoms with Crippen molar-refractivity contribution in [2.75, 3.05) is 32.6 Å². The van der Waals surface area contributed by atoms with E-state index >= 15 is 0 Å². The van der Waals surface area contributed by atoms with E-state index in [9.17, 15) is 9.59 Å². The van der Waals surface area contributed by atoms with Crippen LogP contribution in [0.2, 0.25) is 0 Å². The Labute approximate surface area is 125 Å². The molecule has 0 aromatic carbocycles. The lowest BCUT2D eigenvalue weighted by molar-refractivity contribution is -0.125. The number of pyridine rings is 1. The highest BCUT2D eigenvalue weighted by Crippen LogP contribution is 2.16. The Kier molecular flexibility index (Phi) is 4.77. The van der Waals surface area contributed by atoms with E-state index < -0.39 is 6.04 Å². The number of hydrogen-bond donors (Lipinski definition) is 1. The van der Waals surface area contributed by atoms with E-state index in [1.165, 1.54) is 4.90 Å². The van der Waals surface area contributed by atoms with Gasteiger partial charge in [-0.2, -0.15) is 0 Å². The van der Waals surface area contributed by atoms with Crippen molar-refractivity contribution in [3.8, 4) is 0 Å². The van der Waals surface area contributed by atoms with Gasteiger partial charge in [-0.15, -0.1) is 0 Å². The normalized spacial score (nSPS) is 18.6. The maximum atomic E-state index is 12.5. The average Bonchev–Trinajstić information content (AvgIpc) is 2.70. The highest BCUT2D eigenvalue weighted by atomic mass is 16.2. The van der Waals surface area contributed by atoms with Gasteiger partial charge >= 0.3 is 0 Å². The SMILES string of the molecule is CN(C)c1ccnc(C(=O)N(C)[C@@H]2CCCCNC2=O)c1. The molecule has 2 heterocycles. The summed E-state index contributed by atoms with van der Waals surface area (Å²) in [6, 6.07) is 3.17. The number of nitrogens with one attached hydrogen (secondary N) is 1. The number of hydrogen-bond acceptors (Lipinski definition) is 4. The maximum Gasteiger partial charge on any atom is 0.272 e.